The topological polar surface area (TPSA) is 71.1 Å². The van der Waals surface area contributed by atoms with E-state index in [9.17, 15) is 9.59 Å². The van der Waals surface area contributed by atoms with Crippen LogP contribution in [0.3, 0.4) is 0 Å². The lowest BCUT2D eigenvalue weighted by molar-refractivity contribution is 0.0514. The number of aromatic nitrogens is 2. The molecule has 2 amide bonds. The predicted octanol–water partition coefficient (Wildman–Crippen LogP) is 2.09. The molecule has 1 saturated heterocycles. The number of carbonyl (C=O) groups is 2. The van der Waals surface area contributed by atoms with Crippen LogP contribution >= 0.6 is 0 Å². The van der Waals surface area contributed by atoms with E-state index in [4.69, 9.17) is 4.42 Å². The molecule has 0 saturated carbocycles. The quantitative estimate of drug-likeness (QED) is 0.724. The highest BCUT2D eigenvalue weighted by atomic mass is 16.3. The Hall–Kier alpha value is -3.09. The Morgan fingerprint density at radius 2 is 1.77 bits per heavy atom. The maximum absolute atomic E-state index is 13.1. The summed E-state index contributed by atoms with van der Waals surface area (Å²) in [6.45, 7) is 3.97. The summed E-state index contributed by atoms with van der Waals surface area (Å²) in [5, 5.41) is 0. The van der Waals surface area contributed by atoms with Gasteiger partial charge in [0, 0.05) is 32.4 Å². The number of carbonyl (C=O) groups excluding carboxylic acids is 2. The minimum Gasteiger partial charge on any atom is -0.459 e. The number of amides is 2. The summed E-state index contributed by atoms with van der Waals surface area (Å²) in [7, 11) is 0. The van der Waals surface area contributed by atoms with Crippen molar-refractivity contribution < 1.29 is 14.0 Å². The van der Waals surface area contributed by atoms with Crippen LogP contribution in [0.1, 0.15) is 33.7 Å². The van der Waals surface area contributed by atoms with Crippen LogP contribution in [0.4, 0.5) is 0 Å². The maximum atomic E-state index is 13.1. The zero-order valence-electron chi connectivity index (χ0n) is 14.6. The van der Waals surface area contributed by atoms with Crippen molar-refractivity contribution in [1.29, 1.82) is 0 Å². The lowest BCUT2D eigenvalue weighted by atomic mass is 10.2. The molecule has 4 heterocycles. The van der Waals surface area contributed by atoms with Crippen LogP contribution < -0.4 is 0 Å². The Balaban J connectivity index is 1.52. The van der Waals surface area contributed by atoms with E-state index in [0.717, 1.165) is 11.3 Å². The Morgan fingerprint density at radius 3 is 2.42 bits per heavy atom. The van der Waals surface area contributed by atoms with Crippen molar-refractivity contribution in [3.8, 4) is 0 Å². The molecule has 1 aliphatic rings. The van der Waals surface area contributed by atoms with Crippen molar-refractivity contribution in [1.82, 2.24) is 19.2 Å². The van der Waals surface area contributed by atoms with Crippen LogP contribution in [0.15, 0.2) is 47.2 Å². The highest BCUT2D eigenvalue weighted by Crippen LogP contribution is 2.17. The van der Waals surface area contributed by atoms with Crippen LogP contribution in [0.5, 0.6) is 0 Å². The molecule has 0 unspecified atom stereocenters. The van der Waals surface area contributed by atoms with E-state index < -0.39 is 0 Å². The maximum Gasteiger partial charge on any atom is 0.289 e. The van der Waals surface area contributed by atoms with Gasteiger partial charge in [0.25, 0.3) is 11.8 Å². The molecular weight excluding hydrogens is 332 g/mol. The lowest BCUT2D eigenvalue weighted by Crippen LogP contribution is -2.50. The smallest absolute Gasteiger partial charge is 0.289 e. The summed E-state index contributed by atoms with van der Waals surface area (Å²) in [5.41, 5.74) is 2.20. The number of furan rings is 1. The fraction of sp³-hybridized carbons (Fsp3) is 0.316. The van der Waals surface area contributed by atoms with Crippen molar-refractivity contribution in [3.63, 3.8) is 0 Å². The highest BCUT2D eigenvalue weighted by molar-refractivity contribution is 5.95. The second-order valence-electron chi connectivity index (χ2n) is 6.25. The van der Waals surface area contributed by atoms with E-state index in [0.29, 0.717) is 44.1 Å². The van der Waals surface area contributed by atoms with Gasteiger partial charge in [0.15, 0.2) is 5.76 Å². The van der Waals surface area contributed by atoms with Gasteiger partial charge in [-0.05, 0) is 30.7 Å². The molecule has 7 heteroatoms. The standard InChI is InChI=1S/C19H20N4O3/c1-2-14-17(23-8-4-3-7-16(23)20-14)19(25)22-11-9-21(10-12-22)18(24)15-6-5-13-26-15/h3-8,13H,2,9-12H2,1H3. The predicted molar refractivity (Wildman–Crippen MR) is 95.1 cm³/mol. The second kappa shape index (κ2) is 6.67. The minimum atomic E-state index is -0.133. The van der Waals surface area contributed by atoms with Crippen molar-refractivity contribution in [2.45, 2.75) is 13.3 Å². The van der Waals surface area contributed by atoms with Gasteiger partial charge in [-0.25, -0.2) is 4.98 Å². The third-order valence-electron chi connectivity index (χ3n) is 4.73. The number of hydrogen-bond donors (Lipinski definition) is 0. The zero-order valence-corrected chi connectivity index (χ0v) is 14.6. The summed E-state index contributed by atoms with van der Waals surface area (Å²) >= 11 is 0. The van der Waals surface area contributed by atoms with Crippen molar-refractivity contribution in [3.05, 3.63) is 59.9 Å². The number of fused-ring (bicyclic) bond motifs is 1. The molecule has 1 aliphatic heterocycles. The molecular formula is C19H20N4O3. The summed E-state index contributed by atoms with van der Waals surface area (Å²) in [6, 6.07) is 9.06. The Kier molecular flexibility index (Phi) is 4.20. The average Bonchev–Trinajstić information content (AvgIpc) is 3.34. The number of hydrogen-bond acceptors (Lipinski definition) is 4. The average molecular weight is 352 g/mol. The molecule has 0 aromatic carbocycles. The van der Waals surface area contributed by atoms with E-state index in [1.165, 1.54) is 6.26 Å². The zero-order chi connectivity index (χ0) is 18.1. The normalized spacial score (nSPS) is 14.8. The number of rotatable bonds is 3. The number of pyridine rings is 1. The molecule has 26 heavy (non-hydrogen) atoms. The number of nitrogens with zero attached hydrogens (tertiary/aromatic N) is 4. The monoisotopic (exact) mass is 352 g/mol. The highest BCUT2D eigenvalue weighted by Gasteiger charge is 2.29. The van der Waals surface area contributed by atoms with Gasteiger partial charge in [-0.2, -0.15) is 0 Å². The first-order chi connectivity index (χ1) is 12.7. The molecule has 134 valence electrons. The molecule has 3 aromatic rings. The molecule has 0 atom stereocenters. The molecule has 7 nitrogen and oxygen atoms in total. The first kappa shape index (κ1) is 16.4. The number of imidazole rings is 1. The fourth-order valence-corrected chi connectivity index (χ4v) is 3.34. The van der Waals surface area contributed by atoms with Gasteiger partial charge in [-0.1, -0.05) is 13.0 Å². The Labute approximate surface area is 150 Å². The molecule has 0 bridgehead atoms. The lowest BCUT2D eigenvalue weighted by Gasteiger charge is -2.34. The third kappa shape index (κ3) is 2.75. The molecule has 4 rings (SSSR count). The minimum absolute atomic E-state index is 0.0364. The van der Waals surface area contributed by atoms with E-state index in [-0.39, 0.29) is 11.8 Å². The van der Waals surface area contributed by atoms with Gasteiger partial charge < -0.3 is 14.2 Å². The van der Waals surface area contributed by atoms with Crippen LogP contribution in [0, 0.1) is 0 Å². The molecule has 0 radical (unpaired) electrons. The van der Waals surface area contributed by atoms with Crippen LogP contribution in [-0.2, 0) is 6.42 Å². The van der Waals surface area contributed by atoms with Gasteiger partial charge in [0.05, 0.1) is 12.0 Å². The summed E-state index contributed by atoms with van der Waals surface area (Å²) in [5.74, 6) is 0.164. The first-order valence-corrected chi connectivity index (χ1v) is 8.77. The van der Waals surface area contributed by atoms with Crippen LogP contribution in [0.25, 0.3) is 5.65 Å². The van der Waals surface area contributed by atoms with Crippen molar-refractivity contribution in [2.24, 2.45) is 0 Å². The summed E-state index contributed by atoms with van der Waals surface area (Å²) in [6.07, 6.45) is 4.05. The van der Waals surface area contributed by atoms with Gasteiger partial charge in [0.2, 0.25) is 0 Å². The van der Waals surface area contributed by atoms with E-state index >= 15 is 0 Å². The Morgan fingerprint density at radius 1 is 1.04 bits per heavy atom. The van der Waals surface area contributed by atoms with Crippen LogP contribution in [0.2, 0.25) is 0 Å². The van der Waals surface area contributed by atoms with Gasteiger partial charge >= 0.3 is 0 Å². The van der Waals surface area contributed by atoms with Gasteiger partial charge in [-0.15, -0.1) is 0 Å². The van der Waals surface area contributed by atoms with Gasteiger partial charge in [0.1, 0.15) is 11.3 Å². The van der Waals surface area contributed by atoms with Crippen molar-refractivity contribution in [2.75, 3.05) is 26.2 Å². The molecule has 3 aromatic heterocycles. The third-order valence-corrected chi connectivity index (χ3v) is 4.73. The van der Waals surface area contributed by atoms with Crippen molar-refractivity contribution >= 4 is 17.5 Å². The molecule has 0 spiro atoms. The van der Waals surface area contributed by atoms with Gasteiger partial charge in [-0.3, -0.25) is 14.0 Å². The number of piperazine rings is 1. The van der Waals surface area contributed by atoms with E-state index in [2.05, 4.69) is 4.98 Å². The fourth-order valence-electron chi connectivity index (χ4n) is 3.34. The SMILES string of the molecule is CCc1nc2ccccn2c1C(=O)N1CCN(C(=O)c2ccco2)CC1. The summed E-state index contributed by atoms with van der Waals surface area (Å²) < 4.78 is 7.03. The van der Waals surface area contributed by atoms with Crippen LogP contribution in [-0.4, -0.2) is 57.2 Å². The second-order valence-corrected chi connectivity index (χ2v) is 6.25. The molecule has 1 fully saturated rings. The molecule has 0 N–H and O–H groups in total. The largest absolute Gasteiger partial charge is 0.459 e. The Bertz CT molecular complexity index is 937. The van der Waals surface area contributed by atoms with E-state index in [1.807, 2.05) is 35.7 Å². The first-order valence-electron chi connectivity index (χ1n) is 8.77. The number of aryl methyl sites for hydroxylation is 1. The summed E-state index contributed by atoms with van der Waals surface area (Å²) in [4.78, 5) is 33.5. The van der Waals surface area contributed by atoms with E-state index in [1.54, 1.807) is 21.9 Å². The molecule has 0 aliphatic carbocycles.